The minimum absolute atomic E-state index is 0.00136. The Labute approximate surface area is 119 Å². The summed E-state index contributed by atoms with van der Waals surface area (Å²) in [4.78, 5) is 35.7. The van der Waals surface area contributed by atoms with Crippen molar-refractivity contribution >= 4 is 17.9 Å². The maximum Gasteiger partial charge on any atom is 0.318 e. The van der Waals surface area contributed by atoms with Gasteiger partial charge in [0.25, 0.3) is 0 Å². The number of likely N-dealkylation sites (N-methyl/N-ethyl adjacent to an activating group) is 1. The SMILES string of the molecule is CCCN(CC(=O)NC)C(=O)NC(CC(=O)O)C(C)C. The van der Waals surface area contributed by atoms with Crippen molar-refractivity contribution in [1.82, 2.24) is 15.5 Å². The number of rotatable bonds is 8. The summed E-state index contributed by atoms with van der Waals surface area (Å²) in [5.74, 6) is -1.22. The fourth-order valence-electron chi connectivity index (χ4n) is 1.67. The predicted molar refractivity (Wildman–Crippen MR) is 75.3 cm³/mol. The Balaban J connectivity index is 4.69. The fraction of sp³-hybridized carbons (Fsp3) is 0.769. The summed E-state index contributed by atoms with van der Waals surface area (Å²) in [6, 6.07) is -0.862. The second-order valence-corrected chi connectivity index (χ2v) is 4.99. The zero-order valence-corrected chi connectivity index (χ0v) is 12.6. The van der Waals surface area contributed by atoms with Gasteiger partial charge in [0, 0.05) is 19.6 Å². The molecule has 0 aromatic rings. The van der Waals surface area contributed by atoms with E-state index in [1.165, 1.54) is 11.9 Å². The van der Waals surface area contributed by atoms with E-state index in [1.54, 1.807) is 0 Å². The van der Waals surface area contributed by atoms with Crippen LogP contribution in [0.15, 0.2) is 0 Å². The average Bonchev–Trinajstić information content (AvgIpc) is 2.36. The van der Waals surface area contributed by atoms with Gasteiger partial charge in [0.05, 0.1) is 6.42 Å². The van der Waals surface area contributed by atoms with Gasteiger partial charge < -0.3 is 20.6 Å². The van der Waals surface area contributed by atoms with Crippen molar-refractivity contribution in [2.75, 3.05) is 20.1 Å². The summed E-state index contributed by atoms with van der Waals surface area (Å²) in [5.41, 5.74) is 0. The van der Waals surface area contributed by atoms with Crippen LogP contribution in [0.2, 0.25) is 0 Å². The first-order chi connectivity index (χ1) is 9.31. The standard InChI is InChI=1S/C13H25N3O4/c1-5-6-16(8-11(17)14-4)13(20)15-10(9(2)3)7-12(18)19/h9-10H,5-8H2,1-4H3,(H,14,17)(H,15,20)(H,18,19). The summed E-state index contributed by atoms with van der Waals surface area (Å²) in [5, 5.41) is 14.0. The third kappa shape index (κ3) is 6.96. The zero-order valence-electron chi connectivity index (χ0n) is 12.6. The highest BCUT2D eigenvalue weighted by Gasteiger charge is 2.23. The van der Waals surface area contributed by atoms with Crippen molar-refractivity contribution in [3.05, 3.63) is 0 Å². The van der Waals surface area contributed by atoms with Crippen LogP contribution >= 0.6 is 0 Å². The second-order valence-electron chi connectivity index (χ2n) is 4.99. The normalized spacial score (nSPS) is 11.8. The van der Waals surface area contributed by atoms with E-state index in [2.05, 4.69) is 10.6 Å². The van der Waals surface area contributed by atoms with Gasteiger partial charge in [-0.2, -0.15) is 0 Å². The van der Waals surface area contributed by atoms with Crippen molar-refractivity contribution in [1.29, 1.82) is 0 Å². The van der Waals surface area contributed by atoms with Crippen molar-refractivity contribution in [3.8, 4) is 0 Å². The summed E-state index contributed by atoms with van der Waals surface area (Å²) in [6.45, 7) is 6.00. The summed E-state index contributed by atoms with van der Waals surface area (Å²) < 4.78 is 0. The Morgan fingerprint density at radius 1 is 1.25 bits per heavy atom. The van der Waals surface area contributed by atoms with Gasteiger partial charge in [-0.1, -0.05) is 20.8 Å². The number of amides is 3. The van der Waals surface area contributed by atoms with Crippen molar-refractivity contribution < 1.29 is 19.5 Å². The number of carboxylic acid groups (broad SMARTS) is 1. The maximum absolute atomic E-state index is 12.1. The highest BCUT2D eigenvalue weighted by atomic mass is 16.4. The van der Waals surface area contributed by atoms with Crippen LogP contribution < -0.4 is 10.6 Å². The van der Waals surface area contributed by atoms with Gasteiger partial charge in [-0.05, 0) is 12.3 Å². The number of carbonyl (C=O) groups is 3. The number of aliphatic carboxylic acids is 1. The van der Waals surface area contributed by atoms with Crippen LogP contribution in [0.1, 0.15) is 33.6 Å². The second kappa shape index (κ2) is 9.17. The molecule has 7 heteroatoms. The van der Waals surface area contributed by atoms with E-state index in [0.29, 0.717) is 6.54 Å². The van der Waals surface area contributed by atoms with Crippen LogP contribution in [0, 0.1) is 5.92 Å². The van der Waals surface area contributed by atoms with Gasteiger partial charge in [0.1, 0.15) is 6.54 Å². The molecule has 1 unspecified atom stereocenters. The van der Waals surface area contributed by atoms with E-state index in [0.717, 1.165) is 6.42 Å². The van der Waals surface area contributed by atoms with E-state index < -0.39 is 18.0 Å². The van der Waals surface area contributed by atoms with Crippen LogP contribution in [-0.2, 0) is 9.59 Å². The van der Waals surface area contributed by atoms with Crippen molar-refractivity contribution in [2.45, 2.75) is 39.7 Å². The topological polar surface area (TPSA) is 98.7 Å². The smallest absolute Gasteiger partial charge is 0.318 e. The molecule has 0 aromatic carbocycles. The molecule has 0 saturated carbocycles. The van der Waals surface area contributed by atoms with Crippen molar-refractivity contribution in [2.24, 2.45) is 5.92 Å². The quantitative estimate of drug-likeness (QED) is 0.610. The minimum Gasteiger partial charge on any atom is -0.481 e. The van der Waals surface area contributed by atoms with E-state index in [1.807, 2.05) is 20.8 Å². The van der Waals surface area contributed by atoms with Crippen LogP contribution in [0.5, 0.6) is 0 Å². The monoisotopic (exact) mass is 287 g/mol. The molecule has 0 heterocycles. The lowest BCUT2D eigenvalue weighted by Crippen LogP contribution is -2.50. The Morgan fingerprint density at radius 3 is 2.25 bits per heavy atom. The fourth-order valence-corrected chi connectivity index (χ4v) is 1.67. The molecule has 7 nitrogen and oxygen atoms in total. The molecular weight excluding hydrogens is 262 g/mol. The number of nitrogens with zero attached hydrogens (tertiary/aromatic N) is 1. The molecule has 0 aliphatic heterocycles. The van der Waals surface area contributed by atoms with Gasteiger partial charge in [-0.15, -0.1) is 0 Å². The molecule has 0 saturated heterocycles. The number of urea groups is 1. The number of carbonyl (C=O) groups excluding carboxylic acids is 2. The molecule has 0 bridgehead atoms. The number of nitrogens with one attached hydrogen (secondary N) is 2. The lowest BCUT2D eigenvalue weighted by molar-refractivity contribution is -0.137. The first kappa shape index (κ1) is 18.2. The maximum atomic E-state index is 12.1. The van der Waals surface area contributed by atoms with Gasteiger partial charge >= 0.3 is 12.0 Å². The average molecular weight is 287 g/mol. The molecule has 0 aliphatic rings. The molecular formula is C13H25N3O4. The Morgan fingerprint density at radius 2 is 1.85 bits per heavy atom. The number of hydrogen-bond acceptors (Lipinski definition) is 3. The van der Waals surface area contributed by atoms with Gasteiger partial charge in [0.2, 0.25) is 5.91 Å². The molecule has 0 aliphatic carbocycles. The first-order valence-electron chi connectivity index (χ1n) is 6.79. The number of carboxylic acids is 1. The Hall–Kier alpha value is -1.79. The molecule has 0 fully saturated rings. The highest BCUT2D eigenvalue weighted by Crippen LogP contribution is 2.07. The number of hydrogen-bond donors (Lipinski definition) is 3. The molecule has 116 valence electrons. The van der Waals surface area contributed by atoms with Crippen LogP contribution in [-0.4, -0.2) is 54.1 Å². The molecule has 0 aromatic heterocycles. The van der Waals surface area contributed by atoms with Crippen molar-refractivity contribution in [3.63, 3.8) is 0 Å². The molecule has 3 amide bonds. The molecule has 0 rings (SSSR count). The molecule has 20 heavy (non-hydrogen) atoms. The zero-order chi connectivity index (χ0) is 15.7. The Bertz CT molecular complexity index is 345. The lowest BCUT2D eigenvalue weighted by Gasteiger charge is -2.27. The van der Waals surface area contributed by atoms with Crippen LogP contribution in [0.4, 0.5) is 4.79 Å². The third-order valence-electron chi connectivity index (χ3n) is 2.90. The minimum atomic E-state index is -0.961. The van der Waals surface area contributed by atoms with E-state index in [9.17, 15) is 14.4 Å². The van der Waals surface area contributed by atoms with Gasteiger partial charge in [-0.3, -0.25) is 9.59 Å². The van der Waals surface area contributed by atoms with Crippen LogP contribution in [0.25, 0.3) is 0 Å². The highest BCUT2D eigenvalue weighted by molar-refractivity contribution is 5.84. The summed E-state index contributed by atoms with van der Waals surface area (Å²) in [7, 11) is 1.51. The summed E-state index contributed by atoms with van der Waals surface area (Å²) >= 11 is 0. The summed E-state index contributed by atoms with van der Waals surface area (Å²) in [6.07, 6.45) is 0.582. The molecule has 3 N–H and O–H groups in total. The van der Waals surface area contributed by atoms with Gasteiger partial charge in [0.15, 0.2) is 0 Å². The first-order valence-corrected chi connectivity index (χ1v) is 6.79. The third-order valence-corrected chi connectivity index (χ3v) is 2.90. The predicted octanol–water partition coefficient (Wildman–Crippen LogP) is 0.653. The Kier molecular flexibility index (Phi) is 8.35. The van der Waals surface area contributed by atoms with Crippen LogP contribution in [0.3, 0.4) is 0 Å². The van der Waals surface area contributed by atoms with E-state index in [-0.39, 0.29) is 24.8 Å². The molecule has 0 radical (unpaired) electrons. The molecule has 1 atom stereocenters. The van der Waals surface area contributed by atoms with E-state index >= 15 is 0 Å². The van der Waals surface area contributed by atoms with E-state index in [4.69, 9.17) is 5.11 Å². The van der Waals surface area contributed by atoms with Gasteiger partial charge in [-0.25, -0.2) is 4.79 Å². The molecule has 0 spiro atoms. The lowest BCUT2D eigenvalue weighted by atomic mass is 10.0. The largest absolute Gasteiger partial charge is 0.481 e.